The fraction of sp³-hybridized carbons (Fsp3) is 0.579. The number of fused-ring (bicyclic) bond motifs is 1. The van der Waals surface area contributed by atoms with E-state index in [1.165, 1.54) is 44.1 Å². The maximum Gasteiger partial charge on any atom is 0.147 e. The number of nitrogens with one attached hydrogen (secondary N) is 1. The minimum atomic E-state index is 0.350. The van der Waals surface area contributed by atoms with Gasteiger partial charge in [0, 0.05) is 24.0 Å². The van der Waals surface area contributed by atoms with E-state index in [9.17, 15) is 0 Å². The Balaban J connectivity index is 1.52. The summed E-state index contributed by atoms with van der Waals surface area (Å²) in [5.41, 5.74) is 1.30. The Morgan fingerprint density at radius 2 is 2.04 bits per heavy atom. The minimum absolute atomic E-state index is 0.350. The fourth-order valence-electron chi connectivity index (χ4n) is 4.25. The SMILES string of the molecule is Clc1cccc([C@H](NCc2nnc3n2CCCC3)C2CCCC2)c1. The fourth-order valence-corrected chi connectivity index (χ4v) is 4.45. The highest BCUT2D eigenvalue weighted by Crippen LogP contribution is 2.36. The van der Waals surface area contributed by atoms with Crippen molar-refractivity contribution in [1.29, 1.82) is 0 Å². The molecule has 1 aromatic carbocycles. The zero-order chi connectivity index (χ0) is 16.4. The van der Waals surface area contributed by atoms with E-state index in [2.05, 4.69) is 38.3 Å². The number of aryl methyl sites for hydroxylation is 1. The van der Waals surface area contributed by atoms with E-state index < -0.39 is 0 Å². The molecule has 1 fully saturated rings. The Hall–Kier alpha value is -1.39. The summed E-state index contributed by atoms with van der Waals surface area (Å²) in [6.45, 7) is 1.84. The number of hydrogen-bond acceptors (Lipinski definition) is 3. The molecule has 5 heteroatoms. The highest BCUT2D eigenvalue weighted by Gasteiger charge is 2.27. The second-order valence-corrected chi connectivity index (χ2v) is 7.54. The molecule has 0 amide bonds. The van der Waals surface area contributed by atoms with E-state index >= 15 is 0 Å². The molecule has 1 aromatic heterocycles. The smallest absolute Gasteiger partial charge is 0.147 e. The molecule has 0 bridgehead atoms. The van der Waals surface area contributed by atoms with E-state index in [4.69, 9.17) is 11.6 Å². The standard InChI is InChI=1S/C19H25ClN4/c20-16-9-5-8-15(12-16)19(14-6-1-2-7-14)21-13-18-23-22-17-10-3-4-11-24(17)18/h5,8-9,12,14,19,21H,1-4,6-7,10-11,13H2/t19-/m1/s1. The summed E-state index contributed by atoms with van der Waals surface area (Å²) in [7, 11) is 0. The first-order valence-corrected chi connectivity index (χ1v) is 9.59. The van der Waals surface area contributed by atoms with Crippen molar-refractivity contribution in [3.63, 3.8) is 0 Å². The van der Waals surface area contributed by atoms with Crippen LogP contribution in [0.25, 0.3) is 0 Å². The molecule has 1 aliphatic heterocycles. The third-order valence-electron chi connectivity index (χ3n) is 5.50. The molecule has 0 saturated heterocycles. The quantitative estimate of drug-likeness (QED) is 0.879. The highest BCUT2D eigenvalue weighted by atomic mass is 35.5. The largest absolute Gasteiger partial charge is 0.314 e. The van der Waals surface area contributed by atoms with E-state index in [-0.39, 0.29) is 0 Å². The molecule has 1 saturated carbocycles. The number of halogens is 1. The van der Waals surface area contributed by atoms with Gasteiger partial charge in [0.1, 0.15) is 11.6 Å². The van der Waals surface area contributed by atoms with Crippen molar-refractivity contribution in [2.24, 2.45) is 5.92 Å². The van der Waals surface area contributed by atoms with Crippen molar-refractivity contribution in [1.82, 2.24) is 20.1 Å². The Morgan fingerprint density at radius 1 is 1.17 bits per heavy atom. The van der Waals surface area contributed by atoms with Gasteiger partial charge in [0.25, 0.3) is 0 Å². The van der Waals surface area contributed by atoms with Crippen molar-refractivity contribution in [3.05, 3.63) is 46.5 Å². The lowest BCUT2D eigenvalue weighted by molar-refractivity contribution is 0.358. The van der Waals surface area contributed by atoms with Gasteiger partial charge in [-0.15, -0.1) is 10.2 Å². The van der Waals surface area contributed by atoms with Gasteiger partial charge in [-0.05, 0) is 49.3 Å². The Kier molecular flexibility index (Phi) is 4.86. The topological polar surface area (TPSA) is 42.7 Å². The van der Waals surface area contributed by atoms with Gasteiger partial charge in [0.2, 0.25) is 0 Å². The summed E-state index contributed by atoms with van der Waals surface area (Å²) in [4.78, 5) is 0. The van der Waals surface area contributed by atoms with Crippen LogP contribution in [-0.4, -0.2) is 14.8 Å². The molecule has 4 nitrogen and oxygen atoms in total. The minimum Gasteiger partial charge on any atom is -0.314 e. The molecular weight excluding hydrogens is 320 g/mol. The van der Waals surface area contributed by atoms with Crippen molar-refractivity contribution < 1.29 is 0 Å². The molecular formula is C19H25ClN4. The van der Waals surface area contributed by atoms with Gasteiger partial charge >= 0.3 is 0 Å². The molecule has 0 spiro atoms. The second-order valence-electron chi connectivity index (χ2n) is 7.10. The van der Waals surface area contributed by atoms with Crippen molar-refractivity contribution in [3.8, 4) is 0 Å². The van der Waals surface area contributed by atoms with Gasteiger partial charge in [-0.1, -0.05) is 36.6 Å². The Bertz CT molecular complexity index is 690. The molecule has 1 aliphatic carbocycles. The summed E-state index contributed by atoms with van der Waals surface area (Å²) < 4.78 is 2.31. The third-order valence-corrected chi connectivity index (χ3v) is 5.73. The average Bonchev–Trinajstić information content (AvgIpc) is 3.26. The van der Waals surface area contributed by atoms with Gasteiger partial charge in [-0.25, -0.2) is 0 Å². The van der Waals surface area contributed by atoms with Crippen molar-refractivity contribution in [2.45, 2.75) is 64.1 Å². The number of benzene rings is 1. The van der Waals surface area contributed by atoms with Gasteiger partial charge < -0.3 is 9.88 Å². The van der Waals surface area contributed by atoms with Crippen molar-refractivity contribution >= 4 is 11.6 Å². The van der Waals surface area contributed by atoms with Gasteiger partial charge in [-0.2, -0.15) is 0 Å². The van der Waals surface area contributed by atoms with Crippen LogP contribution in [0.5, 0.6) is 0 Å². The third kappa shape index (κ3) is 3.35. The summed E-state index contributed by atoms with van der Waals surface area (Å²) in [6, 6.07) is 8.66. The number of nitrogens with zero attached hydrogens (tertiary/aromatic N) is 3. The highest BCUT2D eigenvalue weighted by molar-refractivity contribution is 6.30. The van der Waals surface area contributed by atoms with Gasteiger partial charge in [-0.3, -0.25) is 0 Å². The number of hydrogen-bond donors (Lipinski definition) is 1. The lowest BCUT2D eigenvalue weighted by Crippen LogP contribution is -2.28. The molecule has 128 valence electrons. The molecule has 1 N–H and O–H groups in total. The number of aromatic nitrogens is 3. The van der Waals surface area contributed by atoms with Gasteiger partial charge in [0.15, 0.2) is 0 Å². The Morgan fingerprint density at radius 3 is 2.88 bits per heavy atom. The summed E-state index contributed by atoms with van der Waals surface area (Å²) in [5, 5.41) is 13.4. The molecule has 4 rings (SSSR count). The van der Waals surface area contributed by atoms with Crippen molar-refractivity contribution in [2.75, 3.05) is 0 Å². The van der Waals surface area contributed by atoms with E-state index in [1.807, 2.05) is 6.07 Å². The molecule has 0 radical (unpaired) electrons. The summed E-state index contributed by atoms with van der Waals surface area (Å²) >= 11 is 6.24. The summed E-state index contributed by atoms with van der Waals surface area (Å²) in [5.74, 6) is 2.92. The second kappa shape index (κ2) is 7.24. The predicted molar refractivity (Wildman–Crippen MR) is 96.0 cm³/mol. The average molecular weight is 345 g/mol. The van der Waals surface area contributed by atoms with E-state index in [0.29, 0.717) is 12.0 Å². The lowest BCUT2D eigenvalue weighted by atomic mass is 9.91. The molecule has 2 aromatic rings. The number of rotatable bonds is 5. The first kappa shape index (κ1) is 16.1. The maximum atomic E-state index is 6.24. The van der Waals surface area contributed by atoms with Crippen LogP contribution in [0.3, 0.4) is 0 Å². The molecule has 24 heavy (non-hydrogen) atoms. The van der Waals surface area contributed by atoms with Crippen LogP contribution in [0.2, 0.25) is 5.02 Å². The predicted octanol–water partition coefficient (Wildman–Crippen LogP) is 4.29. The zero-order valence-corrected chi connectivity index (χ0v) is 14.8. The van der Waals surface area contributed by atoms with Crippen LogP contribution in [0.15, 0.2) is 24.3 Å². The van der Waals surface area contributed by atoms with Crippen LogP contribution in [0, 0.1) is 5.92 Å². The molecule has 2 aliphatic rings. The zero-order valence-electron chi connectivity index (χ0n) is 14.0. The Labute approximate surface area is 148 Å². The molecule has 0 unspecified atom stereocenters. The first-order chi connectivity index (χ1) is 11.8. The first-order valence-electron chi connectivity index (χ1n) is 9.21. The van der Waals surface area contributed by atoms with Gasteiger partial charge in [0.05, 0.1) is 6.54 Å². The van der Waals surface area contributed by atoms with Crippen LogP contribution in [0.4, 0.5) is 0 Å². The van der Waals surface area contributed by atoms with E-state index in [1.54, 1.807) is 0 Å². The lowest BCUT2D eigenvalue weighted by Gasteiger charge is -2.26. The normalized spacial score (nSPS) is 19.4. The van der Waals surface area contributed by atoms with Crippen LogP contribution in [0.1, 0.15) is 61.8 Å². The van der Waals surface area contributed by atoms with E-state index in [0.717, 1.165) is 36.2 Å². The maximum absolute atomic E-state index is 6.24. The molecule has 2 heterocycles. The summed E-state index contributed by atoms with van der Waals surface area (Å²) in [6.07, 6.45) is 8.79. The van der Waals surface area contributed by atoms with Crippen LogP contribution < -0.4 is 5.32 Å². The van der Waals surface area contributed by atoms with Crippen LogP contribution >= 0.6 is 11.6 Å². The molecule has 1 atom stereocenters. The monoisotopic (exact) mass is 344 g/mol. The van der Waals surface area contributed by atoms with Crippen LogP contribution in [-0.2, 0) is 19.5 Å².